The van der Waals surface area contributed by atoms with Crippen LogP contribution in [0.15, 0.2) is 66.7 Å². The van der Waals surface area contributed by atoms with Gasteiger partial charge in [-0.15, -0.1) is 0 Å². The lowest BCUT2D eigenvalue weighted by Crippen LogP contribution is -2.31. The summed E-state index contributed by atoms with van der Waals surface area (Å²) in [6, 6.07) is 20.9. The summed E-state index contributed by atoms with van der Waals surface area (Å²) < 4.78 is 18.8. The molecule has 4 nitrogen and oxygen atoms in total. The number of amides is 1. The lowest BCUT2D eigenvalue weighted by Gasteiger charge is -2.23. The van der Waals surface area contributed by atoms with Crippen molar-refractivity contribution in [1.82, 2.24) is 4.90 Å². The van der Waals surface area contributed by atoms with E-state index in [4.69, 9.17) is 0 Å². The van der Waals surface area contributed by atoms with Crippen LogP contribution in [0.1, 0.15) is 84.2 Å². The minimum Gasteiger partial charge on any atom is -0.465 e. The zero-order chi connectivity index (χ0) is 26.6. The molecule has 0 radical (unpaired) electrons. The van der Waals surface area contributed by atoms with E-state index in [2.05, 4.69) is 67.1 Å². The number of unbranched alkanes of at least 4 members (excludes halogenated alkanes) is 4. The zero-order valence-electron chi connectivity index (χ0n) is 22.3. The maximum Gasteiger partial charge on any atom is 0.340 e. The number of nitrogens with zero attached hydrogens (tertiary/aromatic N) is 1. The number of rotatable bonds is 13. The minimum atomic E-state index is -0.796. The molecule has 0 heterocycles. The third-order valence-electron chi connectivity index (χ3n) is 6.62. The number of esters is 1. The normalized spacial score (nSPS) is 10.8. The van der Waals surface area contributed by atoms with Gasteiger partial charge in [-0.2, -0.15) is 0 Å². The molecule has 37 heavy (non-hydrogen) atoms. The van der Waals surface area contributed by atoms with Crippen LogP contribution in [0.3, 0.4) is 0 Å². The van der Waals surface area contributed by atoms with E-state index in [1.165, 1.54) is 43.2 Å². The van der Waals surface area contributed by atoms with Gasteiger partial charge in [-0.1, -0.05) is 88.1 Å². The highest BCUT2D eigenvalue weighted by Crippen LogP contribution is 2.22. The summed E-state index contributed by atoms with van der Waals surface area (Å²) in [6.07, 6.45) is 7.62. The SMILES string of the molecule is CCCCCCN(Cc1ccc(-c2ccc(CCCC)cc2)cc1)C(=O)c1ccc(F)c(C(=O)OC)c1. The molecule has 196 valence electrons. The van der Waals surface area contributed by atoms with E-state index in [0.717, 1.165) is 49.3 Å². The maximum atomic E-state index is 14.1. The molecule has 0 aromatic heterocycles. The molecule has 1 amide bonds. The topological polar surface area (TPSA) is 46.6 Å². The second-order valence-corrected chi connectivity index (χ2v) is 9.47. The zero-order valence-corrected chi connectivity index (χ0v) is 22.3. The van der Waals surface area contributed by atoms with Gasteiger partial charge in [0.15, 0.2) is 0 Å². The van der Waals surface area contributed by atoms with E-state index in [1.807, 2.05) is 0 Å². The van der Waals surface area contributed by atoms with Crippen LogP contribution in [-0.2, 0) is 17.7 Å². The van der Waals surface area contributed by atoms with Crippen LogP contribution in [-0.4, -0.2) is 30.4 Å². The lowest BCUT2D eigenvalue weighted by molar-refractivity contribution is 0.0595. The van der Waals surface area contributed by atoms with E-state index in [-0.39, 0.29) is 17.0 Å². The van der Waals surface area contributed by atoms with Crippen LogP contribution < -0.4 is 0 Å². The first-order valence-electron chi connectivity index (χ1n) is 13.3. The van der Waals surface area contributed by atoms with Gasteiger partial charge in [0.25, 0.3) is 5.91 Å². The van der Waals surface area contributed by atoms with Gasteiger partial charge >= 0.3 is 5.97 Å². The average Bonchev–Trinajstić information content (AvgIpc) is 2.93. The number of carbonyl (C=O) groups excluding carboxylic acids is 2. The van der Waals surface area contributed by atoms with Crippen LogP contribution in [0.4, 0.5) is 4.39 Å². The van der Waals surface area contributed by atoms with Crippen molar-refractivity contribution in [2.24, 2.45) is 0 Å². The van der Waals surface area contributed by atoms with E-state index < -0.39 is 11.8 Å². The summed E-state index contributed by atoms with van der Waals surface area (Å²) in [5, 5.41) is 0. The molecular weight excluding hydrogens is 465 g/mol. The molecule has 0 aliphatic rings. The van der Waals surface area contributed by atoms with Gasteiger partial charge in [-0.25, -0.2) is 9.18 Å². The molecule has 3 aromatic rings. The fraction of sp³-hybridized carbons (Fsp3) is 0.375. The smallest absolute Gasteiger partial charge is 0.340 e. The molecule has 0 bridgehead atoms. The Hall–Kier alpha value is -3.47. The highest BCUT2D eigenvalue weighted by Gasteiger charge is 2.20. The molecule has 0 aliphatic heterocycles. The molecule has 0 N–H and O–H groups in total. The molecule has 3 rings (SSSR count). The van der Waals surface area contributed by atoms with Crippen molar-refractivity contribution in [3.05, 3.63) is 94.8 Å². The van der Waals surface area contributed by atoms with Crippen molar-refractivity contribution in [2.45, 2.75) is 65.3 Å². The fourth-order valence-corrected chi connectivity index (χ4v) is 4.36. The maximum absolute atomic E-state index is 14.1. The number of hydrogen-bond acceptors (Lipinski definition) is 3. The van der Waals surface area contributed by atoms with Crippen molar-refractivity contribution >= 4 is 11.9 Å². The van der Waals surface area contributed by atoms with Gasteiger partial charge < -0.3 is 9.64 Å². The molecule has 0 saturated heterocycles. The highest BCUT2D eigenvalue weighted by atomic mass is 19.1. The number of carbonyl (C=O) groups is 2. The second kappa shape index (κ2) is 14.3. The van der Waals surface area contributed by atoms with E-state index >= 15 is 0 Å². The Balaban J connectivity index is 1.76. The summed E-state index contributed by atoms with van der Waals surface area (Å²) in [7, 11) is 1.20. The molecule has 0 unspecified atom stereocenters. The Morgan fingerprint density at radius 2 is 1.41 bits per heavy atom. The number of methoxy groups -OCH3 is 1. The molecule has 5 heteroatoms. The third-order valence-corrected chi connectivity index (χ3v) is 6.62. The van der Waals surface area contributed by atoms with Crippen molar-refractivity contribution in [3.63, 3.8) is 0 Å². The summed E-state index contributed by atoms with van der Waals surface area (Å²) in [5.74, 6) is -1.73. The molecule has 3 aromatic carbocycles. The first kappa shape index (κ1) is 28.1. The summed E-state index contributed by atoms with van der Waals surface area (Å²) >= 11 is 0. The first-order chi connectivity index (χ1) is 18.0. The molecular formula is C32H38FNO3. The summed E-state index contributed by atoms with van der Waals surface area (Å²) in [5.41, 5.74) is 4.72. The largest absolute Gasteiger partial charge is 0.465 e. The van der Waals surface area contributed by atoms with Gasteiger partial charge in [0, 0.05) is 18.7 Å². The van der Waals surface area contributed by atoms with E-state index in [9.17, 15) is 14.0 Å². The van der Waals surface area contributed by atoms with Crippen LogP contribution >= 0.6 is 0 Å². The van der Waals surface area contributed by atoms with Crippen LogP contribution in [0.2, 0.25) is 0 Å². The first-order valence-corrected chi connectivity index (χ1v) is 13.3. The molecule has 0 fully saturated rings. The Morgan fingerprint density at radius 1 is 0.784 bits per heavy atom. The third kappa shape index (κ3) is 8.01. The Kier molecular flexibility index (Phi) is 10.9. The molecule has 0 saturated carbocycles. The van der Waals surface area contributed by atoms with Crippen LogP contribution in [0, 0.1) is 5.82 Å². The summed E-state index contributed by atoms with van der Waals surface area (Å²) in [6.45, 7) is 5.38. The quantitative estimate of drug-likeness (QED) is 0.176. The number of hydrogen-bond donors (Lipinski definition) is 0. The fourth-order valence-electron chi connectivity index (χ4n) is 4.36. The van der Waals surface area contributed by atoms with Gasteiger partial charge in [0.2, 0.25) is 0 Å². The van der Waals surface area contributed by atoms with Crippen molar-refractivity contribution in [1.29, 1.82) is 0 Å². The minimum absolute atomic E-state index is 0.228. The van der Waals surface area contributed by atoms with Gasteiger partial charge in [-0.05, 0) is 59.7 Å². The van der Waals surface area contributed by atoms with E-state index in [1.54, 1.807) is 4.90 Å². The standard InChI is InChI=1S/C32H38FNO3/c1-4-6-8-9-21-34(31(35)28-19-20-30(33)29(22-28)32(36)37-3)23-25-13-17-27(18-14-25)26-15-11-24(12-16-26)10-7-5-2/h11-20,22H,4-10,21,23H2,1-3H3. The number of halogens is 1. The van der Waals surface area contributed by atoms with Crippen LogP contribution in [0.25, 0.3) is 11.1 Å². The van der Waals surface area contributed by atoms with Gasteiger partial charge in [-0.3, -0.25) is 4.79 Å². The Labute approximate surface area is 220 Å². The lowest BCUT2D eigenvalue weighted by atomic mass is 10.0. The number of aryl methyl sites for hydroxylation is 1. The predicted molar refractivity (Wildman–Crippen MR) is 147 cm³/mol. The Morgan fingerprint density at radius 3 is 2.00 bits per heavy atom. The van der Waals surface area contributed by atoms with E-state index in [0.29, 0.717) is 13.1 Å². The molecule has 0 aliphatic carbocycles. The van der Waals surface area contributed by atoms with Gasteiger partial charge in [0.05, 0.1) is 12.7 Å². The van der Waals surface area contributed by atoms with Crippen LogP contribution in [0.5, 0.6) is 0 Å². The monoisotopic (exact) mass is 503 g/mol. The van der Waals surface area contributed by atoms with Gasteiger partial charge in [0.1, 0.15) is 5.82 Å². The molecule has 0 spiro atoms. The number of ether oxygens (including phenoxy) is 1. The Bertz CT molecular complexity index is 1160. The molecule has 0 atom stereocenters. The van der Waals surface area contributed by atoms with Crippen molar-refractivity contribution in [3.8, 4) is 11.1 Å². The van der Waals surface area contributed by atoms with Crippen molar-refractivity contribution in [2.75, 3.05) is 13.7 Å². The highest BCUT2D eigenvalue weighted by molar-refractivity contribution is 5.98. The average molecular weight is 504 g/mol. The number of benzene rings is 3. The van der Waals surface area contributed by atoms with Crippen molar-refractivity contribution < 1.29 is 18.7 Å². The second-order valence-electron chi connectivity index (χ2n) is 9.47. The predicted octanol–water partition coefficient (Wildman–Crippen LogP) is 7.84. The summed E-state index contributed by atoms with van der Waals surface area (Å²) in [4.78, 5) is 27.2.